The molecule has 1 amide bonds. The van der Waals surface area contributed by atoms with Gasteiger partial charge in [-0.1, -0.05) is 35.0 Å². The Bertz CT molecular complexity index is 697. The van der Waals surface area contributed by atoms with Crippen LogP contribution in [0.1, 0.15) is 30.8 Å². The van der Waals surface area contributed by atoms with Gasteiger partial charge in [0.25, 0.3) is 5.91 Å². The number of ether oxygens (including phenoxy) is 1. The minimum atomic E-state index is -0.410. The monoisotopic (exact) mass is 393 g/mol. The Kier molecular flexibility index (Phi) is 6.54. The molecular weight excluding hydrogens is 374 g/mol. The molecule has 6 nitrogen and oxygen atoms in total. The molecule has 7 heteroatoms. The summed E-state index contributed by atoms with van der Waals surface area (Å²) in [6, 6.07) is 9.35. The van der Waals surface area contributed by atoms with Crippen molar-refractivity contribution in [2.45, 2.75) is 20.3 Å². The highest BCUT2D eigenvalue weighted by atomic mass is 79.9. The van der Waals surface area contributed by atoms with Gasteiger partial charge in [0.1, 0.15) is 12.2 Å². The van der Waals surface area contributed by atoms with Crippen molar-refractivity contribution in [1.82, 2.24) is 15.1 Å². The van der Waals surface area contributed by atoms with Gasteiger partial charge in [0.05, 0.1) is 12.3 Å². The van der Waals surface area contributed by atoms with E-state index in [-0.39, 0.29) is 12.5 Å². The lowest BCUT2D eigenvalue weighted by molar-refractivity contribution is -0.143. The maximum Gasteiger partial charge on any atom is 0.325 e. The summed E-state index contributed by atoms with van der Waals surface area (Å²) in [4.78, 5) is 25.8. The van der Waals surface area contributed by atoms with Crippen LogP contribution in [-0.4, -0.2) is 46.7 Å². The number of H-pyrrole nitrogens is 1. The first kappa shape index (κ1) is 18.2. The van der Waals surface area contributed by atoms with Crippen LogP contribution in [0.15, 0.2) is 34.8 Å². The van der Waals surface area contributed by atoms with Crippen LogP contribution in [0.3, 0.4) is 0 Å². The van der Waals surface area contributed by atoms with E-state index in [0.29, 0.717) is 24.5 Å². The third kappa shape index (κ3) is 4.67. The molecule has 24 heavy (non-hydrogen) atoms. The molecule has 2 rings (SSSR count). The number of hydrogen-bond donors (Lipinski definition) is 1. The van der Waals surface area contributed by atoms with E-state index in [1.807, 2.05) is 31.2 Å². The second-order valence-corrected chi connectivity index (χ2v) is 6.12. The lowest BCUT2D eigenvalue weighted by atomic mass is 10.1. The van der Waals surface area contributed by atoms with Crippen LogP contribution in [0.5, 0.6) is 0 Å². The van der Waals surface area contributed by atoms with E-state index < -0.39 is 5.97 Å². The fourth-order valence-corrected chi connectivity index (χ4v) is 2.52. The van der Waals surface area contributed by atoms with Crippen LogP contribution in [0.4, 0.5) is 0 Å². The van der Waals surface area contributed by atoms with Crippen LogP contribution in [0.25, 0.3) is 11.3 Å². The normalized spacial score (nSPS) is 10.5. The van der Waals surface area contributed by atoms with Gasteiger partial charge in [-0.25, -0.2) is 0 Å². The molecule has 0 atom stereocenters. The van der Waals surface area contributed by atoms with Crippen LogP contribution < -0.4 is 0 Å². The minimum Gasteiger partial charge on any atom is -0.465 e. The highest BCUT2D eigenvalue weighted by Crippen LogP contribution is 2.21. The Labute approximate surface area is 149 Å². The number of benzene rings is 1. The van der Waals surface area contributed by atoms with Crippen molar-refractivity contribution in [2.75, 3.05) is 19.7 Å². The molecule has 0 radical (unpaired) electrons. The quantitative estimate of drug-likeness (QED) is 0.732. The molecule has 0 aliphatic heterocycles. The summed E-state index contributed by atoms with van der Waals surface area (Å²) >= 11 is 3.39. The molecule has 0 bridgehead atoms. The van der Waals surface area contributed by atoms with Gasteiger partial charge < -0.3 is 9.64 Å². The summed E-state index contributed by atoms with van der Waals surface area (Å²) in [7, 11) is 0. The maximum atomic E-state index is 12.6. The molecular formula is C17H20BrN3O3. The molecule has 0 aliphatic carbocycles. The fraction of sp³-hybridized carbons (Fsp3) is 0.353. The van der Waals surface area contributed by atoms with E-state index in [0.717, 1.165) is 16.5 Å². The predicted molar refractivity (Wildman–Crippen MR) is 94.6 cm³/mol. The van der Waals surface area contributed by atoms with Crippen molar-refractivity contribution in [3.8, 4) is 11.3 Å². The maximum absolute atomic E-state index is 12.6. The fourth-order valence-electron chi connectivity index (χ4n) is 2.25. The summed E-state index contributed by atoms with van der Waals surface area (Å²) in [5.41, 5.74) is 1.94. The first-order valence-electron chi connectivity index (χ1n) is 7.81. The van der Waals surface area contributed by atoms with Gasteiger partial charge in [-0.2, -0.15) is 5.10 Å². The van der Waals surface area contributed by atoms with Crippen LogP contribution >= 0.6 is 15.9 Å². The van der Waals surface area contributed by atoms with E-state index in [1.54, 1.807) is 13.0 Å². The highest BCUT2D eigenvalue weighted by molar-refractivity contribution is 9.10. The van der Waals surface area contributed by atoms with Crippen molar-refractivity contribution in [3.63, 3.8) is 0 Å². The SMILES string of the molecule is CCCN(CC(=O)OCC)C(=O)c1cc(-c2ccc(Br)cc2)n[nH]1. The van der Waals surface area contributed by atoms with Gasteiger partial charge in [0, 0.05) is 16.6 Å². The molecule has 0 saturated carbocycles. The molecule has 2 aromatic rings. The smallest absolute Gasteiger partial charge is 0.325 e. The van der Waals surface area contributed by atoms with Crippen LogP contribution in [-0.2, 0) is 9.53 Å². The van der Waals surface area contributed by atoms with E-state index in [4.69, 9.17) is 4.74 Å². The van der Waals surface area contributed by atoms with Crippen molar-refractivity contribution in [2.24, 2.45) is 0 Å². The molecule has 1 heterocycles. The van der Waals surface area contributed by atoms with Crippen LogP contribution in [0.2, 0.25) is 0 Å². The number of aromatic amines is 1. The molecule has 0 unspecified atom stereocenters. The predicted octanol–water partition coefficient (Wildman–Crippen LogP) is 3.25. The number of amides is 1. The molecule has 0 aliphatic rings. The number of carbonyl (C=O) groups excluding carboxylic acids is 2. The number of carbonyl (C=O) groups is 2. The average molecular weight is 394 g/mol. The molecule has 0 spiro atoms. The molecule has 1 aromatic carbocycles. The van der Waals surface area contributed by atoms with Crippen LogP contribution in [0, 0.1) is 0 Å². The Morgan fingerprint density at radius 1 is 1.25 bits per heavy atom. The zero-order valence-corrected chi connectivity index (χ0v) is 15.3. The average Bonchev–Trinajstić information content (AvgIpc) is 3.04. The van der Waals surface area contributed by atoms with E-state index >= 15 is 0 Å². The van der Waals surface area contributed by atoms with Crippen molar-refractivity contribution >= 4 is 27.8 Å². The molecule has 1 aromatic heterocycles. The third-order valence-corrected chi connectivity index (χ3v) is 3.88. The standard InChI is InChI=1S/C17H20BrN3O3/c1-3-9-21(11-16(22)24-4-2)17(23)15-10-14(19-20-15)12-5-7-13(18)8-6-12/h5-8,10H,3-4,9,11H2,1-2H3,(H,19,20). The van der Waals surface area contributed by atoms with Gasteiger partial charge in [-0.3, -0.25) is 14.7 Å². The third-order valence-electron chi connectivity index (χ3n) is 3.35. The Hall–Kier alpha value is -2.15. The molecule has 0 fully saturated rings. The van der Waals surface area contributed by atoms with Gasteiger partial charge in [0.2, 0.25) is 0 Å². The van der Waals surface area contributed by atoms with Gasteiger partial charge in [-0.15, -0.1) is 0 Å². The Morgan fingerprint density at radius 2 is 1.96 bits per heavy atom. The van der Waals surface area contributed by atoms with E-state index in [1.165, 1.54) is 4.90 Å². The number of hydrogen-bond acceptors (Lipinski definition) is 4. The summed E-state index contributed by atoms with van der Waals surface area (Å²) in [5, 5.41) is 6.95. The Balaban J connectivity index is 2.15. The van der Waals surface area contributed by atoms with Crippen molar-refractivity contribution in [1.29, 1.82) is 0 Å². The minimum absolute atomic E-state index is 0.0624. The van der Waals surface area contributed by atoms with E-state index in [9.17, 15) is 9.59 Å². The molecule has 0 saturated heterocycles. The zero-order valence-electron chi connectivity index (χ0n) is 13.7. The van der Waals surface area contributed by atoms with E-state index in [2.05, 4.69) is 26.1 Å². The highest BCUT2D eigenvalue weighted by Gasteiger charge is 2.21. The second kappa shape index (κ2) is 8.63. The lowest BCUT2D eigenvalue weighted by Gasteiger charge is -2.20. The molecule has 1 N–H and O–H groups in total. The summed E-state index contributed by atoms with van der Waals surface area (Å²) in [6.45, 7) is 4.40. The molecule has 128 valence electrons. The lowest BCUT2D eigenvalue weighted by Crippen LogP contribution is -2.37. The number of nitrogens with zero attached hydrogens (tertiary/aromatic N) is 2. The number of nitrogens with one attached hydrogen (secondary N) is 1. The van der Waals surface area contributed by atoms with Gasteiger partial charge >= 0.3 is 5.97 Å². The first-order valence-corrected chi connectivity index (χ1v) is 8.60. The summed E-state index contributed by atoms with van der Waals surface area (Å²) in [6.07, 6.45) is 0.749. The zero-order chi connectivity index (χ0) is 17.5. The van der Waals surface area contributed by atoms with Crippen molar-refractivity contribution in [3.05, 3.63) is 40.5 Å². The summed E-state index contributed by atoms with van der Waals surface area (Å²) in [5.74, 6) is -0.673. The summed E-state index contributed by atoms with van der Waals surface area (Å²) < 4.78 is 5.90. The topological polar surface area (TPSA) is 75.3 Å². The van der Waals surface area contributed by atoms with Crippen molar-refractivity contribution < 1.29 is 14.3 Å². The number of esters is 1. The number of aromatic nitrogens is 2. The second-order valence-electron chi connectivity index (χ2n) is 5.21. The number of halogens is 1. The number of rotatable bonds is 7. The van der Waals surface area contributed by atoms with Gasteiger partial charge in [-0.05, 0) is 31.5 Å². The van der Waals surface area contributed by atoms with Gasteiger partial charge in [0.15, 0.2) is 0 Å². The first-order chi connectivity index (χ1) is 11.5. The largest absolute Gasteiger partial charge is 0.465 e. The Morgan fingerprint density at radius 3 is 2.58 bits per heavy atom.